The van der Waals surface area contributed by atoms with Crippen molar-refractivity contribution in [1.29, 1.82) is 0 Å². The summed E-state index contributed by atoms with van der Waals surface area (Å²) in [6, 6.07) is 9.60. The molecule has 5 heteroatoms. The lowest BCUT2D eigenvalue weighted by molar-refractivity contribution is -0.127. The third-order valence-electron chi connectivity index (χ3n) is 4.65. The first-order chi connectivity index (χ1) is 10.7. The molecule has 3 atom stereocenters. The van der Waals surface area contributed by atoms with Gasteiger partial charge in [-0.1, -0.05) is 18.2 Å². The fourth-order valence-corrected chi connectivity index (χ4v) is 3.41. The van der Waals surface area contributed by atoms with Gasteiger partial charge < -0.3 is 15.0 Å². The molecule has 0 spiro atoms. The molecule has 1 heterocycles. The number of hydrogen-bond acceptors (Lipinski definition) is 3. The van der Waals surface area contributed by atoms with Gasteiger partial charge in [0, 0.05) is 25.8 Å². The van der Waals surface area contributed by atoms with Crippen molar-refractivity contribution < 1.29 is 14.3 Å². The Balaban J connectivity index is 1.62. The molecule has 0 radical (unpaired) electrons. The highest BCUT2D eigenvalue weighted by Gasteiger charge is 2.37. The molecule has 2 fully saturated rings. The zero-order valence-corrected chi connectivity index (χ0v) is 12.8. The van der Waals surface area contributed by atoms with Crippen LogP contribution in [0.2, 0.25) is 0 Å². The molecule has 1 aliphatic heterocycles. The summed E-state index contributed by atoms with van der Waals surface area (Å²) in [7, 11) is 1.69. The first-order valence-corrected chi connectivity index (χ1v) is 7.87. The smallest absolute Gasteiger partial charge is 0.227 e. The highest BCUT2D eigenvalue weighted by atomic mass is 16.5. The van der Waals surface area contributed by atoms with Crippen LogP contribution in [0.25, 0.3) is 0 Å². The summed E-state index contributed by atoms with van der Waals surface area (Å²) in [6.07, 6.45) is 3.40. The van der Waals surface area contributed by atoms with E-state index >= 15 is 0 Å². The number of rotatable bonds is 4. The van der Waals surface area contributed by atoms with Crippen LogP contribution in [-0.2, 0) is 14.3 Å². The van der Waals surface area contributed by atoms with Gasteiger partial charge in [0.1, 0.15) is 0 Å². The molecule has 1 aromatic rings. The van der Waals surface area contributed by atoms with Gasteiger partial charge in [-0.3, -0.25) is 9.59 Å². The molecule has 2 aliphatic rings. The minimum atomic E-state index is -0.272. The molecule has 22 heavy (non-hydrogen) atoms. The van der Waals surface area contributed by atoms with E-state index in [-0.39, 0.29) is 36.3 Å². The Hall–Kier alpha value is -1.88. The number of anilines is 1. The Morgan fingerprint density at radius 2 is 2.05 bits per heavy atom. The molecule has 1 aliphatic carbocycles. The Kier molecular flexibility index (Phi) is 4.43. The van der Waals surface area contributed by atoms with Crippen LogP contribution in [0, 0.1) is 5.92 Å². The summed E-state index contributed by atoms with van der Waals surface area (Å²) >= 11 is 0. The van der Waals surface area contributed by atoms with Gasteiger partial charge in [-0.25, -0.2) is 0 Å². The summed E-state index contributed by atoms with van der Waals surface area (Å²) < 4.78 is 5.41. The Morgan fingerprint density at radius 3 is 2.77 bits per heavy atom. The summed E-state index contributed by atoms with van der Waals surface area (Å²) in [5, 5.41) is 3.07. The highest BCUT2D eigenvalue weighted by molar-refractivity contribution is 6.00. The fraction of sp³-hybridized carbons (Fsp3) is 0.529. The molecule has 3 rings (SSSR count). The minimum absolute atomic E-state index is 0.0149. The van der Waals surface area contributed by atoms with E-state index in [4.69, 9.17) is 4.74 Å². The maximum absolute atomic E-state index is 12.4. The molecular weight excluding hydrogens is 280 g/mol. The van der Waals surface area contributed by atoms with Gasteiger partial charge in [0.2, 0.25) is 11.8 Å². The second-order valence-electron chi connectivity index (χ2n) is 6.06. The SMILES string of the molecule is CO[C@@H]1CCC[C@H]1NC(=O)[C@@H]1CC(=O)N(c2ccccc2)C1. The molecular formula is C17H22N2O3. The lowest BCUT2D eigenvalue weighted by Gasteiger charge is -2.21. The van der Waals surface area contributed by atoms with Crippen molar-refractivity contribution in [3.63, 3.8) is 0 Å². The van der Waals surface area contributed by atoms with E-state index in [1.807, 2.05) is 30.3 Å². The van der Waals surface area contributed by atoms with Crippen molar-refractivity contribution in [1.82, 2.24) is 5.32 Å². The van der Waals surface area contributed by atoms with Crippen molar-refractivity contribution >= 4 is 17.5 Å². The minimum Gasteiger partial charge on any atom is -0.379 e. The number of methoxy groups -OCH3 is 1. The van der Waals surface area contributed by atoms with E-state index in [1.165, 1.54) is 0 Å². The molecule has 5 nitrogen and oxygen atoms in total. The van der Waals surface area contributed by atoms with Gasteiger partial charge in [-0.05, 0) is 31.4 Å². The maximum atomic E-state index is 12.4. The van der Waals surface area contributed by atoms with Crippen molar-refractivity contribution in [3.8, 4) is 0 Å². The Morgan fingerprint density at radius 1 is 1.27 bits per heavy atom. The number of para-hydroxylation sites is 1. The lowest BCUT2D eigenvalue weighted by atomic mass is 10.1. The van der Waals surface area contributed by atoms with Crippen LogP contribution < -0.4 is 10.2 Å². The second-order valence-corrected chi connectivity index (χ2v) is 6.06. The van der Waals surface area contributed by atoms with Gasteiger partial charge in [0.05, 0.1) is 18.1 Å². The molecule has 1 saturated carbocycles. The third-order valence-corrected chi connectivity index (χ3v) is 4.65. The molecule has 0 aromatic heterocycles. The first kappa shape index (κ1) is 15.0. The number of carbonyl (C=O) groups excluding carboxylic acids is 2. The number of benzene rings is 1. The highest BCUT2D eigenvalue weighted by Crippen LogP contribution is 2.26. The zero-order chi connectivity index (χ0) is 15.5. The van der Waals surface area contributed by atoms with E-state index in [9.17, 15) is 9.59 Å². The molecule has 1 saturated heterocycles. The van der Waals surface area contributed by atoms with E-state index in [1.54, 1.807) is 12.0 Å². The van der Waals surface area contributed by atoms with Crippen molar-refractivity contribution in [3.05, 3.63) is 30.3 Å². The number of amides is 2. The van der Waals surface area contributed by atoms with Crippen LogP contribution in [0.5, 0.6) is 0 Å². The summed E-state index contributed by atoms with van der Waals surface area (Å²) in [6.45, 7) is 0.457. The number of hydrogen-bond donors (Lipinski definition) is 1. The van der Waals surface area contributed by atoms with Gasteiger partial charge in [-0.2, -0.15) is 0 Å². The topological polar surface area (TPSA) is 58.6 Å². The predicted octanol–water partition coefficient (Wildman–Crippen LogP) is 1.72. The van der Waals surface area contributed by atoms with Gasteiger partial charge in [0.25, 0.3) is 0 Å². The van der Waals surface area contributed by atoms with Crippen LogP contribution in [0.3, 0.4) is 0 Å². The summed E-state index contributed by atoms with van der Waals surface area (Å²) in [5.41, 5.74) is 0.860. The first-order valence-electron chi connectivity index (χ1n) is 7.87. The van der Waals surface area contributed by atoms with Crippen LogP contribution >= 0.6 is 0 Å². The van der Waals surface area contributed by atoms with Gasteiger partial charge >= 0.3 is 0 Å². The average molecular weight is 302 g/mol. The van der Waals surface area contributed by atoms with E-state index in [0.717, 1.165) is 24.9 Å². The molecule has 1 aromatic carbocycles. The zero-order valence-electron chi connectivity index (χ0n) is 12.8. The van der Waals surface area contributed by atoms with Gasteiger partial charge in [-0.15, -0.1) is 0 Å². The standard InChI is InChI=1S/C17H22N2O3/c1-22-15-9-5-8-14(15)18-17(21)12-10-16(20)19(11-12)13-6-3-2-4-7-13/h2-4,6-7,12,14-15H,5,8-11H2,1H3,(H,18,21)/t12-,14-,15-/m1/s1. The molecule has 0 bridgehead atoms. The second kappa shape index (κ2) is 6.48. The predicted molar refractivity (Wildman–Crippen MR) is 83.5 cm³/mol. The Labute approximate surface area is 130 Å². The van der Waals surface area contributed by atoms with Crippen molar-refractivity contribution in [2.45, 2.75) is 37.8 Å². The number of carbonyl (C=O) groups is 2. The van der Waals surface area contributed by atoms with Crippen molar-refractivity contribution in [2.75, 3.05) is 18.6 Å². The fourth-order valence-electron chi connectivity index (χ4n) is 3.41. The molecule has 118 valence electrons. The quantitative estimate of drug-likeness (QED) is 0.921. The van der Waals surface area contributed by atoms with Gasteiger partial charge in [0.15, 0.2) is 0 Å². The number of nitrogens with zero attached hydrogens (tertiary/aromatic N) is 1. The summed E-state index contributed by atoms with van der Waals surface area (Å²) in [5.74, 6) is -0.285. The monoisotopic (exact) mass is 302 g/mol. The lowest BCUT2D eigenvalue weighted by Crippen LogP contribution is -2.44. The average Bonchev–Trinajstić information content (AvgIpc) is 3.14. The van der Waals surface area contributed by atoms with Crippen LogP contribution in [0.4, 0.5) is 5.69 Å². The van der Waals surface area contributed by atoms with E-state index < -0.39 is 0 Å². The third kappa shape index (κ3) is 2.99. The van der Waals surface area contributed by atoms with E-state index in [2.05, 4.69) is 5.32 Å². The largest absolute Gasteiger partial charge is 0.379 e. The summed E-state index contributed by atoms with van der Waals surface area (Å²) in [4.78, 5) is 26.3. The normalized spacial score (nSPS) is 28.1. The van der Waals surface area contributed by atoms with Crippen LogP contribution in [-0.4, -0.2) is 37.6 Å². The number of nitrogens with one attached hydrogen (secondary N) is 1. The molecule has 1 N–H and O–H groups in total. The number of ether oxygens (including phenoxy) is 1. The van der Waals surface area contributed by atoms with Crippen molar-refractivity contribution in [2.24, 2.45) is 5.92 Å². The molecule has 0 unspecified atom stereocenters. The van der Waals surface area contributed by atoms with Crippen LogP contribution in [0.15, 0.2) is 30.3 Å². The maximum Gasteiger partial charge on any atom is 0.227 e. The molecule has 2 amide bonds. The van der Waals surface area contributed by atoms with Crippen LogP contribution in [0.1, 0.15) is 25.7 Å². The van der Waals surface area contributed by atoms with E-state index in [0.29, 0.717) is 6.54 Å². The Bertz CT molecular complexity index is 546.